The lowest BCUT2D eigenvalue weighted by molar-refractivity contribution is 0.102. The number of benzene rings is 3. The Kier molecular flexibility index (Phi) is 4.28. The van der Waals surface area contributed by atoms with Crippen LogP contribution in [0.25, 0.3) is 0 Å². The van der Waals surface area contributed by atoms with Crippen molar-refractivity contribution < 1.29 is 4.74 Å². The topological polar surface area (TPSA) is 24.5 Å². The molecular weight excluding hydrogens is 296 g/mol. The first-order chi connectivity index (χ1) is 11.9. The van der Waals surface area contributed by atoms with Gasteiger partial charge in [0, 0.05) is 23.6 Å². The van der Waals surface area contributed by atoms with E-state index in [-0.39, 0.29) is 6.23 Å². The summed E-state index contributed by atoms with van der Waals surface area (Å²) in [5.41, 5.74) is 4.56. The molecule has 4 rings (SSSR count). The Hall–Kier alpha value is -2.62. The SMILES string of the molecule is c1ccc(N(c2ccccc2)c2cccc(C3NCCO3)c2)cc1. The highest BCUT2D eigenvalue weighted by molar-refractivity contribution is 5.76. The first kappa shape index (κ1) is 14.9. The van der Waals surface area contributed by atoms with Crippen LogP contribution in [0.5, 0.6) is 0 Å². The van der Waals surface area contributed by atoms with Gasteiger partial charge in [-0.1, -0.05) is 48.5 Å². The van der Waals surface area contributed by atoms with E-state index in [1.54, 1.807) is 0 Å². The van der Waals surface area contributed by atoms with Crippen LogP contribution >= 0.6 is 0 Å². The summed E-state index contributed by atoms with van der Waals surface area (Å²) >= 11 is 0. The van der Waals surface area contributed by atoms with E-state index >= 15 is 0 Å². The molecular formula is C21H20N2O. The zero-order valence-electron chi connectivity index (χ0n) is 13.4. The first-order valence-electron chi connectivity index (χ1n) is 8.27. The molecule has 3 aromatic carbocycles. The van der Waals surface area contributed by atoms with Gasteiger partial charge < -0.3 is 9.64 Å². The molecule has 0 aromatic heterocycles. The number of rotatable bonds is 4. The number of nitrogens with one attached hydrogen (secondary N) is 1. The maximum Gasteiger partial charge on any atom is 0.134 e. The lowest BCUT2D eigenvalue weighted by Gasteiger charge is -2.26. The number of ether oxygens (including phenoxy) is 1. The first-order valence-corrected chi connectivity index (χ1v) is 8.27. The van der Waals surface area contributed by atoms with Crippen LogP contribution in [-0.4, -0.2) is 13.2 Å². The van der Waals surface area contributed by atoms with Crippen molar-refractivity contribution in [1.82, 2.24) is 5.32 Å². The molecule has 120 valence electrons. The van der Waals surface area contributed by atoms with Gasteiger partial charge in [0.25, 0.3) is 0 Å². The standard InChI is InChI=1S/C21H20N2O/c1-3-9-18(10-4-1)23(19-11-5-2-6-12-19)20-13-7-8-17(16-20)21-22-14-15-24-21/h1-13,16,21-22H,14-15H2. The van der Waals surface area contributed by atoms with Crippen molar-refractivity contribution in [3.63, 3.8) is 0 Å². The molecule has 0 spiro atoms. The third-order valence-electron chi connectivity index (χ3n) is 4.18. The molecule has 3 aromatic rings. The van der Waals surface area contributed by atoms with Crippen molar-refractivity contribution in [2.24, 2.45) is 0 Å². The van der Waals surface area contributed by atoms with Crippen LogP contribution in [0.3, 0.4) is 0 Å². The second kappa shape index (κ2) is 6.87. The van der Waals surface area contributed by atoms with E-state index in [1.807, 2.05) is 12.1 Å². The molecule has 1 unspecified atom stereocenters. The van der Waals surface area contributed by atoms with Crippen LogP contribution in [0, 0.1) is 0 Å². The van der Waals surface area contributed by atoms with E-state index < -0.39 is 0 Å². The van der Waals surface area contributed by atoms with Crippen LogP contribution in [0.2, 0.25) is 0 Å². The van der Waals surface area contributed by atoms with E-state index in [0.29, 0.717) is 0 Å². The Bertz CT molecular complexity index is 744. The van der Waals surface area contributed by atoms with Crippen LogP contribution < -0.4 is 10.2 Å². The Labute approximate surface area is 142 Å². The van der Waals surface area contributed by atoms with Gasteiger partial charge in [-0.25, -0.2) is 0 Å². The van der Waals surface area contributed by atoms with Crippen LogP contribution in [0.15, 0.2) is 84.9 Å². The monoisotopic (exact) mass is 316 g/mol. The Morgan fingerprint density at radius 3 is 1.96 bits per heavy atom. The molecule has 1 atom stereocenters. The van der Waals surface area contributed by atoms with Gasteiger partial charge in [0.1, 0.15) is 6.23 Å². The molecule has 1 aliphatic heterocycles. The Morgan fingerprint density at radius 2 is 1.38 bits per heavy atom. The Balaban J connectivity index is 1.78. The minimum Gasteiger partial charge on any atom is -0.358 e. The fourth-order valence-electron chi connectivity index (χ4n) is 3.07. The summed E-state index contributed by atoms with van der Waals surface area (Å²) in [4.78, 5) is 2.26. The highest BCUT2D eigenvalue weighted by Crippen LogP contribution is 2.35. The molecule has 1 N–H and O–H groups in total. The summed E-state index contributed by atoms with van der Waals surface area (Å²) in [6.07, 6.45) is -0.0154. The van der Waals surface area contributed by atoms with Crippen LogP contribution in [0.4, 0.5) is 17.1 Å². The maximum absolute atomic E-state index is 5.76. The molecule has 0 amide bonds. The summed E-state index contributed by atoms with van der Waals surface area (Å²) < 4.78 is 5.76. The average molecular weight is 316 g/mol. The lowest BCUT2D eigenvalue weighted by Crippen LogP contribution is -2.15. The van der Waals surface area contributed by atoms with Gasteiger partial charge in [-0.3, -0.25) is 5.32 Å². The van der Waals surface area contributed by atoms with Gasteiger partial charge in [0.05, 0.1) is 6.61 Å². The van der Waals surface area contributed by atoms with Crippen molar-refractivity contribution in [1.29, 1.82) is 0 Å². The van der Waals surface area contributed by atoms with Crippen molar-refractivity contribution in [3.05, 3.63) is 90.5 Å². The molecule has 0 radical (unpaired) electrons. The largest absolute Gasteiger partial charge is 0.358 e. The molecule has 1 fully saturated rings. The number of anilines is 3. The minimum atomic E-state index is -0.0154. The Morgan fingerprint density at radius 1 is 0.750 bits per heavy atom. The van der Waals surface area contributed by atoms with Crippen molar-refractivity contribution >= 4 is 17.1 Å². The molecule has 1 aliphatic rings. The zero-order chi connectivity index (χ0) is 16.2. The normalized spacial score (nSPS) is 16.9. The molecule has 0 saturated carbocycles. The van der Waals surface area contributed by atoms with E-state index in [4.69, 9.17) is 4.74 Å². The third kappa shape index (κ3) is 3.04. The van der Waals surface area contributed by atoms with Gasteiger partial charge >= 0.3 is 0 Å². The number of hydrogen-bond donors (Lipinski definition) is 1. The summed E-state index contributed by atoms with van der Waals surface area (Å²) in [5, 5.41) is 3.38. The van der Waals surface area contributed by atoms with E-state index in [2.05, 4.69) is 83.0 Å². The summed E-state index contributed by atoms with van der Waals surface area (Å²) in [7, 11) is 0. The van der Waals surface area contributed by atoms with Gasteiger partial charge in [-0.2, -0.15) is 0 Å². The van der Waals surface area contributed by atoms with Crippen molar-refractivity contribution in [2.75, 3.05) is 18.1 Å². The highest BCUT2D eigenvalue weighted by atomic mass is 16.5. The van der Waals surface area contributed by atoms with E-state index in [0.717, 1.165) is 35.8 Å². The molecule has 24 heavy (non-hydrogen) atoms. The predicted octanol–water partition coefficient (Wildman–Crippen LogP) is 4.77. The van der Waals surface area contributed by atoms with Crippen molar-refractivity contribution in [2.45, 2.75) is 6.23 Å². The maximum atomic E-state index is 5.76. The molecule has 0 aliphatic carbocycles. The third-order valence-corrected chi connectivity index (χ3v) is 4.18. The van der Waals surface area contributed by atoms with E-state index in [9.17, 15) is 0 Å². The van der Waals surface area contributed by atoms with E-state index in [1.165, 1.54) is 0 Å². The molecule has 0 bridgehead atoms. The lowest BCUT2D eigenvalue weighted by atomic mass is 10.1. The average Bonchev–Trinajstić information content (AvgIpc) is 3.19. The van der Waals surface area contributed by atoms with Gasteiger partial charge in [0.15, 0.2) is 0 Å². The zero-order valence-corrected chi connectivity index (χ0v) is 13.4. The second-order valence-electron chi connectivity index (χ2n) is 5.81. The molecule has 3 heteroatoms. The summed E-state index contributed by atoms with van der Waals surface area (Å²) in [6, 6.07) is 29.4. The van der Waals surface area contributed by atoms with Crippen LogP contribution in [0.1, 0.15) is 11.8 Å². The van der Waals surface area contributed by atoms with Gasteiger partial charge in [0.2, 0.25) is 0 Å². The second-order valence-corrected chi connectivity index (χ2v) is 5.81. The number of nitrogens with zero attached hydrogens (tertiary/aromatic N) is 1. The highest BCUT2D eigenvalue weighted by Gasteiger charge is 2.18. The van der Waals surface area contributed by atoms with Crippen LogP contribution in [-0.2, 0) is 4.74 Å². The fraction of sp³-hybridized carbons (Fsp3) is 0.143. The smallest absolute Gasteiger partial charge is 0.134 e. The molecule has 1 heterocycles. The predicted molar refractivity (Wildman–Crippen MR) is 97.8 cm³/mol. The van der Waals surface area contributed by atoms with Crippen molar-refractivity contribution in [3.8, 4) is 0 Å². The molecule has 1 saturated heterocycles. The quantitative estimate of drug-likeness (QED) is 0.750. The summed E-state index contributed by atoms with van der Waals surface area (Å²) in [6.45, 7) is 1.66. The van der Waals surface area contributed by atoms with Gasteiger partial charge in [-0.15, -0.1) is 0 Å². The molecule has 3 nitrogen and oxygen atoms in total. The van der Waals surface area contributed by atoms with Gasteiger partial charge in [-0.05, 0) is 42.0 Å². The minimum absolute atomic E-state index is 0.0154. The summed E-state index contributed by atoms with van der Waals surface area (Å²) in [5.74, 6) is 0. The number of hydrogen-bond acceptors (Lipinski definition) is 3. The fourth-order valence-corrected chi connectivity index (χ4v) is 3.07. The number of para-hydroxylation sites is 2.